The van der Waals surface area contributed by atoms with Gasteiger partial charge in [-0.25, -0.2) is 0 Å². The molecule has 0 fully saturated rings. The van der Waals surface area contributed by atoms with Crippen LogP contribution in [0.1, 0.15) is 90.4 Å². The van der Waals surface area contributed by atoms with Crippen molar-refractivity contribution in [1.82, 2.24) is 0 Å². The number of unbranched alkanes of at least 4 members (excludes halogenated alkanes) is 10. The van der Waals surface area contributed by atoms with Gasteiger partial charge in [0.1, 0.15) is 0 Å². The SMILES string of the molecule is CCCCCCCCCCCCCC(CC(=O)O)P(=O)(O)O. The highest BCUT2D eigenvalue weighted by Gasteiger charge is 2.30. The summed E-state index contributed by atoms with van der Waals surface area (Å²) in [5.41, 5.74) is -1.02. The van der Waals surface area contributed by atoms with E-state index in [-0.39, 0.29) is 0 Å². The lowest BCUT2D eigenvalue weighted by molar-refractivity contribution is -0.137. The number of aliphatic carboxylic acids is 1. The maximum Gasteiger partial charge on any atom is 0.329 e. The van der Waals surface area contributed by atoms with E-state index < -0.39 is 25.6 Å². The van der Waals surface area contributed by atoms with Crippen LogP contribution in [0.2, 0.25) is 0 Å². The third-order valence-electron chi connectivity index (χ3n) is 4.03. The fraction of sp³-hybridized carbons (Fsp3) is 0.938. The van der Waals surface area contributed by atoms with Gasteiger partial charge in [0.05, 0.1) is 12.1 Å². The summed E-state index contributed by atoms with van der Waals surface area (Å²) in [6.07, 6.45) is 12.8. The van der Waals surface area contributed by atoms with E-state index >= 15 is 0 Å². The van der Waals surface area contributed by atoms with Crippen molar-refractivity contribution >= 4 is 13.6 Å². The first kappa shape index (κ1) is 21.6. The van der Waals surface area contributed by atoms with Gasteiger partial charge in [-0.05, 0) is 6.42 Å². The van der Waals surface area contributed by atoms with Crippen molar-refractivity contribution in [3.8, 4) is 0 Å². The molecule has 0 saturated heterocycles. The topological polar surface area (TPSA) is 94.8 Å². The molecule has 3 N–H and O–H groups in total. The summed E-state index contributed by atoms with van der Waals surface area (Å²) in [7, 11) is -4.29. The summed E-state index contributed by atoms with van der Waals surface area (Å²) in [5.74, 6) is -1.14. The van der Waals surface area contributed by atoms with Crippen LogP contribution in [0.4, 0.5) is 0 Å². The minimum Gasteiger partial charge on any atom is -0.481 e. The smallest absolute Gasteiger partial charge is 0.329 e. The van der Waals surface area contributed by atoms with E-state index in [4.69, 9.17) is 14.9 Å². The first-order chi connectivity index (χ1) is 10.4. The summed E-state index contributed by atoms with van der Waals surface area (Å²) in [4.78, 5) is 28.9. The number of carboxylic acid groups (broad SMARTS) is 1. The molecule has 0 aromatic carbocycles. The lowest BCUT2D eigenvalue weighted by Crippen LogP contribution is -2.14. The van der Waals surface area contributed by atoms with E-state index in [1.807, 2.05) is 0 Å². The summed E-state index contributed by atoms with van der Waals surface area (Å²) in [6.45, 7) is 2.22. The second kappa shape index (κ2) is 13.1. The molecule has 132 valence electrons. The van der Waals surface area contributed by atoms with Crippen molar-refractivity contribution in [2.24, 2.45) is 0 Å². The van der Waals surface area contributed by atoms with Crippen molar-refractivity contribution in [2.75, 3.05) is 0 Å². The van der Waals surface area contributed by atoms with Crippen molar-refractivity contribution in [3.05, 3.63) is 0 Å². The molecule has 6 heteroatoms. The maximum absolute atomic E-state index is 11.2. The number of hydrogen-bond donors (Lipinski definition) is 3. The highest BCUT2D eigenvalue weighted by molar-refractivity contribution is 7.52. The van der Waals surface area contributed by atoms with Crippen LogP contribution < -0.4 is 0 Å². The van der Waals surface area contributed by atoms with Crippen LogP contribution in [0, 0.1) is 0 Å². The van der Waals surface area contributed by atoms with Crippen LogP contribution in [-0.2, 0) is 9.36 Å². The molecule has 0 spiro atoms. The van der Waals surface area contributed by atoms with Crippen LogP contribution in [-0.4, -0.2) is 26.5 Å². The predicted molar refractivity (Wildman–Crippen MR) is 89.2 cm³/mol. The Morgan fingerprint density at radius 1 is 0.864 bits per heavy atom. The molecule has 0 saturated carbocycles. The summed E-state index contributed by atoms with van der Waals surface area (Å²) < 4.78 is 11.2. The second-order valence-corrected chi connectivity index (χ2v) is 8.07. The Morgan fingerprint density at radius 2 is 1.27 bits per heavy atom. The molecule has 0 radical (unpaired) electrons. The minimum atomic E-state index is -4.29. The van der Waals surface area contributed by atoms with E-state index in [0.717, 1.165) is 19.3 Å². The molecule has 0 aromatic rings. The number of hydrogen-bond acceptors (Lipinski definition) is 2. The first-order valence-electron chi connectivity index (χ1n) is 8.65. The van der Waals surface area contributed by atoms with E-state index in [0.29, 0.717) is 12.8 Å². The molecule has 0 rings (SSSR count). The van der Waals surface area contributed by atoms with Crippen molar-refractivity contribution in [2.45, 2.75) is 96.1 Å². The monoisotopic (exact) mass is 336 g/mol. The molecule has 5 nitrogen and oxygen atoms in total. The van der Waals surface area contributed by atoms with Crippen molar-refractivity contribution in [1.29, 1.82) is 0 Å². The normalized spacial score (nSPS) is 13.2. The zero-order valence-corrected chi connectivity index (χ0v) is 14.8. The lowest BCUT2D eigenvalue weighted by atomic mass is 10.0. The Morgan fingerprint density at radius 3 is 1.64 bits per heavy atom. The van der Waals surface area contributed by atoms with Gasteiger partial charge in [0, 0.05) is 0 Å². The molecule has 1 unspecified atom stereocenters. The molecule has 0 aliphatic rings. The average molecular weight is 336 g/mol. The summed E-state index contributed by atoms with van der Waals surface area (Å²) in [6, 6.07) is 0. The highest BCUT2D eigenvalue weighted by Crippen LogP contribution is 2.45. The van der Waals surface area contributed by atoms with Gasteiger partial charge in [-0.3, -0.25) is 9.36 Å². The zero-order valence-electron chi connectivity index (χ0n) is 13.9. The molecule has 0 bridgehead atoms. The van der Waals surface area contributed by atoms with Gasteiger partial charge in [-0.1, -0.05) is 77.6 Å². The van der Waals surface area contributed by atoms with E-state index in [9.17, 15) is 9.36 Å². The van der Waals surface area contributed by atoms with Crippen LogP contribution in [0.15, 0.2) is 0 Å². The van der Waals surface area contributed by atoms with Crippen LogP contribution >= 0.6 is 7.60 Å². The van der Waals surface area contributed by atoms with E-state index in [1.54, 1.807) is 0 Å². The van der Waals surface area contributed by atoms with Gasteiger partial charge in [0.2, 0.25) is 0 Å². The quantitative estimate of drug-likeness (QED) is 0.297. The Bertz CT molecular complexity index is 326. The average Bonchev–Trinajstić information content (AvgIpc) is 2.42. The number of rotatable bonds is 15. The molecule has 0 amide bonds. The summed E-state index contributed by atoms with van der Waals surface area (Å²) >= 11 is 0. The fourth-order valence-corrected chi connectivity index (χ4v) is 3.55. The third kappa shape index (κ3) is 13.3. The first-order valence-corrected chi connectivity index (χ1v) is 10.3. The van der Waals surface area contributed by atoms with E-state index in [1.165, 1.54) is 44.9 Å². The Labute approximate surface area is 134 Å². The second-order valence-electron chi connectivity index (χ2n) is 6.16. The van der Waals surface area contributed by atoms with Gasteiger partial charge in [0.25, 0.3) is 0 Å². The third-order valence-corrected chi connectivity index (χ3v) is 5.42. The Kier molecular flexibility index (Phi) is 12.9. The van der Waals surface area contributed by atoms with E-state index in [2.05, 4.69) is 6.92 Å². The van der Waals surface area contributed by atoms with Gasteiger partial charge in [0.15, 0.2) is 0 Å². The molecule has 0 aliphatic heterocycles. The van der Waals surface area contributed by atoms with Gasteiger partial charge >= 0.3 is 13.6 Å². The van der Waals surface area contributed by atoms with Crippen LogP contribution in [0.25, 0.3) is 0 Å². The predicted octanol–water partition coefficient (Wildman–Crippen LogP) is 4.71. The van der Waals surface area contributed by atoms with Crippen molar-refractivity contribution in [3.63, 3.8) is 0 Å². The molecule has 22 heavy (non-hydrogen) atoms. The number of carboxylic acids is 1. The number of carbonyl (C=O) groups is 1. The highest BCUT2D eigenvalue weighted by atomic mass is 31.2. The zero-order chi connectivity index (χ0) is 16.8. The van der Waals surface area contributed by atoms with Gasteiger partial charge in [-0.2, -0.15) is 0 Å². The molecule has 0 aromatic heterocycles. The fourth-order valence-electron chi connectivity index (χ4n) is 2.63. The molecular formula is C16H33O5P. The lowest BCUT2D eigenvalue weighted by Gasteiger charge is -2.16. The van der Waals surface area contributed by atoms with Crippen molar-refractivity contribution < 1.29 is 24.3 Å². The Hall–Kier alpha value is -0.380. The van der Waals surface area contributed by atoms with Crippen LogP contribution in [0.5, 0.6) is 0 Å². The molecular weight excluding hydrogens is 303 g/mol. The summed E-state index contributed by atoms with van der Waals surface area (Å²) in [5, 5.41) is 8.68. The van der Waals surface area contributed by atoms with Gasteiger partial charge in [-0.15, -0.1) is 0 Å². The molecule has 1 atom stereocenters. The van der Waals surface area contributed by atoms with Crippen LogP contribution in [0.3, 0.4) is 0 Å². The minimum absolute atomic E-state index is 0.299. The largest absolute Gasteiger partial charge is 0.481 e. The van der Waals surface area contributed by atoms with Gasteiger partial charge < -0.3 is 14.9 Å². The molecule has 0 aliphatic carbocycles. The standard InChI is InChI=1S/C16H33O5P/c1-2-3-4-5-6-7-8-9-10-11-12-13-15(14-16(17)18)22(19,20)21/h15H,2-14H2,1H3,(H,17,18)(H2,19,20,21). The maximum atomic E-state index is 11.2. The Balaban J connectivity index is 3.54. The molecule has 0 heterocycles.